The van der Waals surface area contributed by atoms with E-state index in [0.29, 0.717) is 0 Å². The van der Waals surface area contributed by atoms with Crippen molar-refractivity contribution in [2.24, 2.45) is 5.41 Å². The quantitative estimate of drug-likeness (QED) is 0.849. The average Bonchev–Trinajstić information content (AvgIpc) is 3.08. The van der Waals surface area contributed by atoms with Crippen molar-refractivity contribution in [1.29, 1.82) is 0 Å². The summed E-state index contributed by atoms with van der Waals surface area (Å²) < 4.78 is 2.21. The maximum atomic E-state index is 10.1. The number of aromatic nitrogens is 2. The zero-order valence-electron chi connectivity index (χ0n) is 14.7. The summed E-state index contributed by atoms with van der Waals surface area (Å²) in [6, 6.07) is 10.6. The van der Waals surface area contributed by atoms with Crippen molar-refractivity contribution in [3.8, 4) is 0 Å². The van der Waals surface area contributed by atoms with Crippen LogP contribution in [0.3, 0.4) is 0 Å². The lowest BCUT2D eigenvalue weighted by atomic mass is 9.76. The molecule has 2 aromatic rings. The Bertz CT molecular complexity index is 625. The second-order valence-electron chi connectivity index (χ2n) is 7.09. The topological polar surface area (TPSA) is 41.3 Å². The van der Waals surface area contributed by atoms with Gasteiger partial charge in [-0.3, -0.25) is 4.90 Å². The predicted octanol–water partition coefficient (Wildman–Crippen LogP) is 3.11. The Hall–Kier alpha value is -1.65. The van der Waals surface area contributed by atoms with Crippen molar-refractivity contribution in [3.05, 3.63) is 54.1 Å². The molecular weight excluding hydrogens is 298 g/mol. The van der Waals surface area contributed by atoms with E-state index in [2.05, 4.69) is 51.7 Å². The smallest absolute Gasteiger partial charge is 0.122 e. The van der Waals surface area contributed by atoms with Crippen LogP contribution in [-0.4, -0.2) is 39.3 Å². The standard InChI is InChI=1S/C20H29N3O/c1-2-23-14-12-21-19(23)15-22-13-6-10-20(16-22,17-24)11-9-18-7-4-3-5-8-18/h3-5,7-8,12,14,24H,2,6,9-11,13,15-17H2,1H3. The molecule has 1 saturated heterocycles. The summed E-state index contributed by atoms with van der Waals surface area (Å²) >= 11 is 0. The van der Waals surface area contributed by atoms with Gasteiger partial charge in [0.15, 0.2) is 0 Å². The third-order valence-electron chi connectivity index (χ3n) is 5.37. The zero-order chi connectivity index (χ0) is 16.8. The number of likely N-dealkylation sites (tertiary alicyclic amines) is 1. The first kappa shape index (κ1) is 17.2. The Morgan fingerprint density at radius 1 is 1.25 bits per heavy atom. The number of aliphatic hydroxyl groups excluding tert-OH is 1. The molecule has 2 heterocycles. The lowest BCUT2D eigenvalue weighted by Crippen LogP contribution is -2.45. The largest absolute Gasteiger partial charge is 0.396 e. The van der Waals surface area contributed by atoms with Crippen molar-refractivity contribution in [1.82, 2.24) is 14.5 Å². The molecule has 0 radical (unpaired) electrons. The minimum atomic E-state index is 0.0255. The molecule has 0 amide bonds. The van der Waals surface area contributed by atoms with E-state index in [9.17, 15) is 5.11 Å². The fourth-order valence-corrected chi connectivity index (χ4v) is 3.89. The van der Waals surface area contributed by atoms with Gasteiger partial charge in [0.2, 0.25) is 0 Å². The molecule has 0 aliphatic carbocycles. The van der Waals surface area contributed by atoms with Crippen molar-refractivity contribution in [3.63, 3.8) is 0 Å². The van der Waals surface area contributed by atoms with Gasteiger partial charge in [0.25, 0.3) is 0 Å². The Kier molecular flexibility index (Phi) is 5.69. The summed E-state index contributed by atoms with van der Waals surface area (Å²) in [5.41, 5.74) is 1.39. The van der Waals surface area contributed by atoms with Gasteiger partial charge in [0, 0.05) is 37.5 Å². The van der Waals surface area contributed by atoms with E-state index in [-0.39, 0.29) is 12.0 Å². The lowest BCUT2D eigenvalue weighted by Gasteiger charge is -2.42. The van der Waals surface area contributed by atoms with Crippen LogP contribution in [0.4, 0.5) is 0 Å². The number of hydrogen-bond donors (Lipinski definition) is 1. The van der Waals surface area contributed by atoms with Crippen molar-refractivity contribution < 1.29 is 5.11 Å². The van der Waals surface area contributed by atoms with Crippen molar-refractivity contribution in [2.45, 2.75) is 45.7 Å². The molecule has 1 N–H and O–H groups in total. The SMILES string of the molecule is CCn1ccnc1CN1CCCC(CO)(CCc2ccccc2)C1. The maximum Gasteiger partial charge on any atom is 0.122 e. The van der Waals surface area contributed by atoms with E-state index < -0.39 is 0 Å². The minimum absolute atomic E-state index is 0.0255. The highest BCUT2D eigenvalue weighted by molar-refractivity contribution is 5.15. The summed E-state index contributed by atoms with van der Waals surface area (Å²) in [6.45, 7) is 6.34. The molecule has 1 aliphatic heterocycles. The highest BCUT2D eigenvalue weighted by atomic mass is 16.3. The first-order valence-electron chi connectivity index (χ1n) is 9.12. The molecular formula is C20H29N3O. The van der Waals surface area contributed by atoms with Gasteiger partial charge in [0.05, 0.1) is 6.54 Å². The number of nitrogens with zero attached hydrogens (tertiary/aromatic N) is 3. The molecule has 4 nitrogen and oxygen atoms in total. The van der Waals surface area contributed by atoms with Crippen LogP contribution in [0.1, 0.15) is 37.6 Å². The van der Waals surface area contributed by atoms with E-state index in [1.54, 1.807) is 0 Å². The van der Waals surface area contributed by atoms with Crippen LogP contribution >= 0.6 is 0 Å². The first-order valence-corrected chi connectivity index (χ1v) is 9.12. The van der Waals surface area contributed by atoms with Crippen LogP contribution < -0.4 is 0 Å². The van der Waals surface area contributed by atoms with Crippen LogP contribution in [0.2, 0.25) is 0 Å². The van der Waals surface area contributed by atoms with E-state index in [0.717, 1.165) is 57.7 Å². The molecule has 130 valence electrons. The molecule has 1 aromatic carbocycles. The monoisotopic (exact) mass is 327 g/mol. The zero-order valence-corrected chi connectivity index (χ0v) is 14.7. The molecule has 0 saturated carbocycles. The van der Waals surface area contributed by atoms with Gasteiger partial charge in [0.1, 0.15) is 5.82 Å². The van der Waals surface area contributed by atoms with Crippen LogP contribution in [-0.2, 0) is 19.5 Å². The van der Waals surface area contributed by atoms with Crippen LogP contribution in [0.25, 0.3) is 0 Å². The summed E-state index contributed by atoms with van der Waals surface area (Å²) in [5, 5.41) is 10.1. The van der Waals surface area contributed by atoms with Gasteiger partial charge in [-0.1, -0.05) is 30.3 Å². The van der Waals surface area contributed by atoms with Gasteiger partial charge < -0.3 is 9.67 Å². The highest BCUT2D eigenvalue weighted by Crippen LogP contribution is 2.34. The van der Waals surface area contributed by atoms with E-state index >= 15 is 0 Å². The molecule has 1 aromatic heterocycles. The van der Waals surface area contributed by atoms with Crippen LogP contribution in [0.15, 0.2) is 42.7 Å². The van der Waals surface area contributed by atoms with E-state index in [1.165, 1.54) is 5.56 Å². The molecule has 1 fully saturated rings. The summed E-state index contributed by atoms with van der Waals surface area (Å²) in [5.74, 6) is 1.13. The van der Waals surface area contributed by atoms with Crippen molar-refractivity contribution >= 4 is 0 Å². The third kappa shape index (κ3) is 4.05. The number of aliphatic hydroxyl groups is 1. The highest BCUT2D eigenvalue weighted by Gasteiger charge is 2.34. The third-order valence-corrected chi connectivity index (χ3v) is 5.37. The number of hydrogen-bond acceptors (Lipinski definition) is 3. The minimum Gasteiger partial charge on any atom is -0.396 e. The molecule has 1 unspecified atom stereocenters. The molecule has 3 rings (SSSR count). The van der Waals surface area contributed by atoms with Gasteiger partial charge in [-0.15, -0.1) is 0 Å². The summed E-state index contributed by atoms with van der Waals surface area (Å²) in [7, 11) is 0. The van der Waals surface area contributed by atoms with Crippen LogP contribution in [0.5, 0.6) is 0 Å². The predicted molar refractivity (Wildman–Crippen MR) is 96.7 cm³/mol. The van der Waals surface area contributed by atoms with Gasteiger partial charge >= 0.3 is 0 Å². The first-order chi connectivity index (χ1) is 11.7. The number of aryl methyl sites for hydroxylation is 2. The number of imidazole rings is 1. The van der Waals surface area contributed by atoms with E-state index in [1.807, 2.05) is 12.4 Å². The molecule has 0 bridgehead atoms. The number of rotatable bonds is 7. The van der Waals surface area contributed by atoms with Crippen LogP contribution in [0, 0.1) is 5.41 Å². The number of piperidine rings is 1. The molecule has 1 aliphatic rings. The molecule has 4 heteroatoms. The Morgan fingerprint density at radius 2 is 2.08 bits per heavy atom. The summed E-state index contributed by atoms with van der Waals surface area (Å²) in [6.07, 6.45) is 8.30. The lowest BCUT2D eigenvalue weighted by molar-refractivity contribution is 0.0210. The number of benzene rings is 1. The molecule has 1 atom stereocenters. The fourth-order valence-electron chi connectivity index (χ4n) is 3.89. The second-order valence-corrected chi connectivity index (χ2v) is 7.09. The Balaban J connectivity index is 1.63. The summed E-state index contributed by atoms with van der Waals surface area (Å²) in [4.78, 5) is 6.98. The normalized spacial score (nSPS) is 21.9. The van der Waals surface area contributed by atoms with Gasteiger partial charge in [-0.2, -0.15) is 0 Å². The van der Waals surface area contributed by atoms with Gasteiger partial charge in [-0.25, -0.2) is 4.98 Å². The fraction of sp³-hybridized carbons (Fsp3) is 0.550. The molecule has 0 spiro atoms. The second kappa shape index (κ2) is 7.95. The average molecular weight is 327 g/mol. The Labute approximate surface area is 145 Å². The van der Waals surface area contributed by atoms with E-state index in [4.69, 9.17) is 0 Å². The van der Waals surface area contributed by atoms with Crippen molar-refractivity contribution in [2.75, 3.05) is 19.7 Å². The van der Waals surface area contributed by atoms with Gasteiger partial charge in [-0.05, 0) is 44.7 Å². The molecule has 24 heavy (non-hydrogen) atoms. The Morgan fingerprint density at radius 3 is 2.83 bits per heavy atom. The maximum absolute atomic E-state index is 10.1.